The number of hydrogen-bond acceptors (Lipinski definition) is 5. The molecule has 1 heterocycles. The average Bonchev–Trinajstić information content (AvgIpc) is 2.67. The fourth-order valence-electron chi connectivity index (χ4n) is 2.67. The molecule has 0 unspecified atom stereocenters. The lowest BCUT2D eigenvalue weighted by Gasteiger charge is -2.28. The lowest BCUT2D eigenvalue weighted by Crippen LogP contribution is -2.36. The normalized spacial score (nSPS) is 14.6. The summed E-state index contributed by atoms with van der Waals surface area (Å²) in [5.74, 6) is -0.139. The van der Waals surface area contributed by atoms with Gasteiger partial charge in [-0.25, -0.2) is 0 Å². The Morgan fingerprint density at radius 3 is 2.52 bits per heavy atom. The van der Waals surface area contributed by atoms with Crippen molar-refractivity contribution in [1.82, 2.24) is 0 Å². The molecule has 0 bridgehead atoms. The second kappa shape index (κ2) is 7.72. The van der Waals surface area contributed by atoms with Crippen molar-refractivity contribution in [3.05, 3.63) is 75.8 Å². The van der Waals surface area contributed by atoms with Crippen LogP contribution < -0.4 is 4.90 Å². The van der Waals surface area contributed by atoms with E-state index in [1.165, 1.54) is 18.2 Å². The van der Waals surface area contributed by atoms with Gasteiger partial charge in [-0.1, -0.05) is 18.2 Å². The van der Waals surface area contributed by atoms with E-state index < -0.39 is 4.92 Å². The Kier molecular flexibility index (Phi) is 5.20. The summed E-state index contributed by atoms with van der Waals surface area (Å²) in [5.41, 5.74) is 2.28. The van der Waals surface area contributed by atoms with Gasteiger partial charge in [0.2, 0.25) is 0 Å². The fraction of sp³-hybridized carbons (Fsp3) is 0.211. The number of hydrogen-bond donors (Lipinski definition) is 0. The van der Waals surface area contributed by atoms with Gasteiger partial charge >= 0.3 is 0 Å². The summed E-state index contributed by atoms with van der Waals surface area (Å²) in [7, 11) is 0. The number of nitro groups is 1. The lowest BCUT2D eigenvalue weighted by atomic mass is 10.1. The van der Waals surface area contributed by atoms with Crippen molar-refractivity contribution in [1.29, 1.82) is 0 Å². The number of benzene rings is 2. The number of rotatable bonds is 5. The van der Waals surface area contributed by atoms with E-state index in [9.17, 15) is 14.9 Å². The number of non-ortho nitro benzene ring substituents is 1. The predicted octanol–water partition coefficient (Wildman–Crippen LogP) is 3.33. The minimum atomic E-state index is -0.455. The van der Waals surface area contributed by atoms with Crippen LogP contribution in [-0.2, 0) is 4.74 Å². The molecule has 128 valence electrons. The van der Waals surface area contributed by atoms with Crippen LogP contribution in [0.5, 0.6) is 0 Å². The molecule has 0 saturated carbocycles. The highest BCUT2D eigenvalue weighted by atomic mass is 16.6. The quantitative estimate of drug-likeness (QED) is 0.362. The summed E-state index contributed by atoms with van der Waals surface area (Å²) < 4.78 is 5.33. The molecular formula is C19H18N2O4. The summed E-state index contributed by atoms with van der Waals surface area (Å²) in [6.07, 6.45) is 3.02. The molecule has 0 atom stereocenters. The first-order valence-electron chi connectivity index (χ1n) is 8.03. The van der Waals surface area contributed by atoms with E-state index in [0.29, 0.717) is 24.3 Å². The topological polar surface area (TPSA) is 72.7 Å². The molecule has 25 heavy (non-hydrogen) atoms. The van der Waals surface area contributed by atoms with Crippen molar-refractivity contribution in [3.63, 3.8) is 0 Å². The molecule has 2 aromatic carbocycles. The third kappa shape index (κ3) is 4.30. The first kappa shape index (κ1) is 16.9. The second-order valence-corrected chi connectivity index (χ2v) is 5.70. The molecule has 6 nitrogen and oxygen atoms in total. The molecule has 1 saturated heterocycles. The van der Waals surface area contributed by atoms with E-state index >= 15 is 0 Å². The van der Waals surface area contributed by atoms with Crippen molar-refractivity contribution in [2.45, 2.75) is 0 Å². The molecule has 6 heteroatoms. The van der Waals surface area contributed by atoms with Crippen LogP contribution in [0.1, 0.15) is 15.9 Å². The molecule has 1 aliphatic heterocycles. The van der Waals surface area contributed by atoms with Gasteiger partial charge in [0, 0.05) is 36.5 Å². The number of carbonyl (C=O) groups excluding carboxylic acids is 1. The number of morpholine rings is 1. The molecule has 3 rings (SSSR count). The number of allylic oxidation sites excluding steroid dienone is 1. The molecule has 0 spiro atoms. The molecule has 2 aromatic rings. The minimum absolute atomic E-state index is 0.00413. The number of nitro benzene ring substituents is 1. The maximum Gasteiger partial charge on any atom is 0.270 e. The summed E-state index contributed by atoms with van der Waals surface area (Å²) in [5, 5.41) is 10.8. The van der Waals surface area contributed by atoms with E-state index in [1.54, 1.807) is 30.3 Å². The van der Waals surface area contributed by atoms with Gasteiger partial charge in [0.05, 0.1) is 18.1 Å². The van der Waals surface area contributed by atoms with Gasteiger partial charge < -0.3 is 9.64 Å². The smallest absolute Gasteiger partial charge is 0.270 e. The first-order chi connectivity index (χ1) is 12.1. The molecule has 1 aliphatic rings. The van der Waals surface area contributed by atoms with Gasteiger partial charge in [0.25, 0.3) is 5.69 Å². The van der Waals surface area contributed by atoms with E-state index in [0.717, 1.165) is 18.8 Å². The predicted molar refractivity (Wildman–Crippen MR) is 95.9 cm³/mol. The summed E-state index contributed by atoms with van der Waals surface area (Å²) in [6.45, 7) is 3.12. The standard InChI is InChI=1S/C19H18N2O4/c22-19(9-4-15-2-1-3-18(14-15)21(23)24)16-5-7-17(8-6-16)20-10-12-25-13-11-20/h1-9,14H,10-13H2/b9-4+. The van der Waals surface area contributed by atoms with Crippen molar-refractivity contribution in [2.24, 2.45) is 0 Å². The number of anilines is 1. The number of nitrogens with zero attached hydrogens (tertiary/aromatic N) is 2. The molecule has 0 aromatic heterocycles. The zero-order chi connectivity index (χ0) is 17.6. The average molecular weight is 338 g/mol. The van der Waals surface area contributed by atoms with Gasteiger partial charge in [-0.05, 0) is 35.9 Å². The molecule has 1 fully saturated rings. The van der Waals surface area contributed by atoms with Gasteiger partial charge in [0.1, 0.15) is 0 Å². The third-order valence-electron chi connectivity index (χ3n) is 4.04. The summed E-state index contributed by atoms with van der Waals surface area (Å²) in [4.78, 5) is 24.8. The SMILES string of the molecule is O=C(/C=C/c1cccc([N+](=O)[O-])c1)c1ccc(N2CCOCC2)cc1. The van der Waals surface area contributed by atoms with Crippen LogP contribution in [0.15, 0.2) is 54.6 Å². The van der Waals surface area contributed by atoms with Crippen LogP contribution in [0.2, 0.25) is 0 Å². The number of carbonyl (C=O) groups is 1. The Hall–Kier alpha value is -2.99. The molecule has 0 radical (unpaired) electrons. The Morgan fingerprint density at radius 1 is 1.12 bits per heavy atom. The second-order valence-electron chi connectivity index (χ2n) is 5.70. The highest BCUT2D eigenvalue weighted by molar-refractivity contribution is 6.07. The minimum Gasteiger partial charge on any atom is -0.378 e. The van der Waals surface area contributed by atoms with E-state index in [4.69, 9.17) is 4.74 Å². The van der Waals surface area contributed by atoms with E-state index in [2.05, 4.69) is 4.90 Å². The zero-order valence-electron chi connectivity index (χ0n) is 13.6. The monoisotopic (exact) mass is 338 g/mol. The summed E-state index contributed by atoms with van der Waals surface area (Å²) in [6, 6.07) is 13.6. The third-order valence-corrected chi connectivity index (χ3v) is 4.04. The van der Waals surface area contributed by atoms with Crippen LogP contribution in [0.4, 0.5) is 11.4 Å². The van der Waals surface area contributed by atoms with Crippen molar-refractivity contribution in [3.8, 4) is 0 Å². The van der Waals surface area contributed by atoms with Crippen molar-refractivity contribution >= 4 is 23.2 Å². The van der Waals surface area contributed by atoms with Crippen LogP contribution in [0.3, 0.4) is 0 Å². The molecule has 0 aliphatic carbocycles. The Labute approximate surface area is 145 Å². The van der Waals surface area contributed by atoms with Gasteiger partial charge in [0.15, 0.2) is 5.78 Å². The van der Waals surface area contributed by atoms with Crippen LogP contribution in [0.25, 0.3) is 6.08 Å². The van der Waals surface area contributed by atoms with Crippen LogP contribution in [0, 0.1) is 10.1 Å². The number of ketones is 1. The highest BCUT2D eigenvalue weighted by Gasteiger charge is 2.11. The molecule has 0 amide bonds. The summed E-state index contributed by atoms with van der Waals surface area (Å²) >= 11 is 0. The van der Waals surface area contributed by atoms with Crippen LogP contribution >= 0.6 is 0 Å². The van der Waals surface area contributed by atoms with Crippen LogP contribution in [-0.4, -0.2) is 37.0 Å². The first-order valence-corrected chi connectivity index (χ1v) is 8.03. The number of ether oxygens (including phenoxy) is 1. The fourth-order valence-corrected chi connectivity index (χ4v) is 2.67. The molecular weight excluding hydrogens is 320 g/mol. The van der Waals surface area contributed by atoms with Crippen molar-refractivity contribution in [2.75, 3.05) is 31.2 Å². The maximum atomic E-state index is 12.3. The maximum absolute atomic E-state index is 12.3. The van der Waals surface area contributed by atoms with Gasteiger partial charge in [-0.2, -0.15) is 0 Å². The molecule has 0 N–H and O–H groups in total. The lowest BCUT2D eigenvalue weighted by molar-refractivity contribution is -0.384. The van der Waals surface area contributed by atoms with E-state index in [-0.39, 0.29) is 11.5 Å². The largest absolute Gasteiger partial charge is 0.378 e. The Balaban J connectivity index is 1.68. The van der Waals surface area contributed by atoms with Crippen molar-refractivity contribution < 1.29 is 14.5 Å². The Morgan fingerprint density at radius 2 is 1.84 bits per heavy atom. The Bertz CT molecular complexity index is 793. The highest BCUT2D eigenvalue weighted by Crippen LogP contribution is 2.18. The van der Waals surface area contributed by atoms with E-state index in [1.807, 2.05) is 12.1 Å². The zero-order valence-corrected chi connectivity index (χ0v) is 13.6. The van der Waals surface area contributed by atoms with Gasteiger partial charge in [-0.3, -0.25) is 14.9 Å². The van der Waals surface area contributed by atoms with Gasteiger partial charge in [-0.15, -0.1) is 0 Å².